The van der Waals surface area contributed by atoms with Crippen LogP contribution in [-0.2, 0) is 4.74 Å². The number of methoxy groups -OCH3 is 1. The molecule has 0 aliphatic heterocycles. The predicted octanol–water partition coefficient (Wildman–Crippen LogP) is 4.14. The Kier molecular flexibility index (Phi) is 3.20. The van der Waals surface area contributed by atoms with Crippen LogP contribution in [0.25, 0.3) is 33.3 Å². The lowest BCUT2D eigenvalue weighted by atomic mass is 10.1. The third-order valence-corrected chi connectivity index (χ3v) is 3.96. The third kappa shape index (κ3) is 2.10. The first-order chi connectivity index (χ1) is 11.7. The number of carbonyl (C=O) groups is 1. The zero-order chi connectivity index (χ0) is 16.7. The van der Waals surface area contributed by atoms with Crippen molar-refractivity contribution in [1.82, 2.24) is 4.98 Å². The molecule has 1 heterocycles. The highest BCUT2D eigenvalue weighted by atomic mass is 16.5. The van der Waals surface area contributed by atoms with E-state index >= 15 is 0 Å². The quantitative estimate of drug-likeness (QED) is 0.562. The molecule has 24 heavy (non-hydrogen) atoms. The molecule has 0 unspecified atom stereocenters. The van der Waals surface area contributed by atoms with Gasteiger partial charge in [-0.1, -0.05) is 36.4 Å². The molecular weight excluding hydrogens is 306 g/mol. The van der Waals surface area contributed by atoms with E-state index < -0.39 is 5.97 Å². The number of oxazole rings is 1. The molecule has 4 rings (SSSR count). The smallest absolute Gasteiger partial charge is 0.340 e. The summed E-state index contributed by atoms with van der Waals surface area (Å²) in [7, 11) is 1.32. The molecule has 5 nitrogen and oxygen atoms in total. The molecular formula is C19H13NO4. The van der Waals surface area contributed by atoms with Gasteiger partial charge in [0.15, 0.2) is 5.58 Å². The molecule has 3 aromatic carbocycles. The predicted molar refractivity (Wildman–Crippen MR) is 90.0 cm³/mol. The average Bonchev–Trinajstić information content (AvgIpc) is 3.05. The number of carbonyl (C=O) groups excluding carboxylic acids is 1. The lowest BCUT2D eigenvalue weighted by molar-refractivity contribution is 0.0602. The summed E-state index contributed by atoms with van der Waals surface area (Å²) >= 11 is 0. The van der Waals surface area contributed by atoms with Gasteiger partial charge in [0, 0.05) is 5.39 Å². The van der Waals surface area contributed by atoms with Crippen LogP contribution in [0.5, 0.6) is 5.75 Å². The van der Waals surface area contributed by atoms with Crippen molar-refractivity contribution in [3.63, 3.8) is 0 Å². The molecule has 0 saturated carbocycles. The number of hydrogen-bond donors (Lipinski definition) is 1. The second kappa shape index (κ2) is 5.38. The molecule has 0 radical (unpaired) electrons. The number of benzene rings is 3. The van der Waals surface area contributed by atoms with Crippen LogP contribution >= 0.6 is 0 Å². The maximum atomic E-state index is 11.9. The van der Waals surface area contributed by atoms with Crippen molar-refractivity contribution in [2.45, 2.75) is 0 Å². The van der Waals surface area contributed by atoms with Gasteiger partial charge in [-0.2, -0.15) is 0 Å². The van der Waals surface area contributed by atoms with E-state index in [4.69, 9.17) is 9.15 Å². The first-order valence-corrected chi connectivity index (χ1v) is 7.38. The maximum Gasteiger partial charge on any atom is 0.340 e. The van der Waals surface area contributed by atoms with Crippen LogP contribution in [0.2, 0.25) is 0 Å². The van der Waals surface area contributed by atoms with Crippen molar-refractivity contribution in [1.29, 1.82) is 0 Å². The van der Waals surface area contributed by atoms with Gasteiger partial charge in [-0.3, -0.25) is 0 Å². The van der Waals surface area contributed by atoms with E-state index in [1.54, 1.807) is 24.3 Å². The van der Waals surface area contributed by atoms with Crippen LogP contribution in [0.1, 0.15) is 10.4 Å². The largest absolute Gasteiger partial charge is 0.506 e. The number of phenols is 1. The molecule has 0 saturated heterocycles. The van der Waals surface area contributed by atoms with Gasteiger partial charge in [-0.15, -0.1) is 0 Å². The van der Waals surface area contributed by atoms with Crippen molar-refractivity contribution in [3.05, 3.63) is 60.2 Å². The number of aromatic nitrogens is 1. The van der Waals surface area contributed by atoms with Crippen LogP contribution in [0, 0.1) is 0 Å². The maximum absolute atomic E-state index is 11.9. The van der Waals surface area contributed by atoms with Crippen molar-refractivity contribution in [2.75, 3.05) is 7.11 Å². The highest BCUT2D eigenvalue weighted by molar-refractivity contribution is 6.02. The molecule has 0 spiro atoms. The van der Waals surface area contributed by atoms with Gasteiger partial charge >= 0.3 is 5.97 Å². The SMILES string of the molecule is COC(=O)c1cccc2oc(-c3ccc4ccccc4c3O)nc12. The molecule has 0 aliphatic carbocycles. The normalized spacial score (nSPS) is 11.0. The number of esters is 1. The highest BCUT2D eigenvalue weighted by Gasteiger charge is 2.18. The highest BCUT2D eigenvalue weighted by Crippen LogP contribution is 2.37. The Balaban J connectivity index is 1.94. The average molecular weight is 319 g/mol. The van der Waals surface area contributed by atoms with E-state index in [-0.39, 0.29) is 11.6 Å². The summed E-state index contributed by atoms with van der Waals surface area (Å²) in [6.07, 6.45) is 0. The van der Waals surface area contributed by atoms with Gasteiger partial charge in [-0.05, 0) is 23.6 Å². The van der Waals surface area contributed by atoms with E-state index in [1.807, 2.05) is 30.3 Å². The van der Waals surface area contributed by atoms with Gasteiger partial charge in [0.2, 0.25) is 5.89 Å². The molecule has 0 bridgehead atoms. The molecule has 5 heteroatoms. The fourth-order valence-electron chi connectivity index (χ4n) is 2.77. The summed E-state index contributed by atoms with van der Waals surface area (Å²) in [5.41, 5.74) is 1.67. The Morgan fingerprint density at radius 2 is 1.92 bits per heavy atom. The molecule has 1 N–H and O–H groups in total. The molecule has 0 aliphatic rings. The van der Waals surface area contributed by atoms with Crippen LogP contribution in [0.4, 0.5) is 0 Å². The summed E-state index contributed by atoms with van der Waals surface area (Å²) in [5.74, 6) is -0.132. The fourth-order valence-corrected chi connectivity index (χ4v) is 2.77. The van der Waals surface area contributed by atoms with Crippen molar-refractivity contribution >= 4 is 27.8 Å². The third-order valence-electron chi connectivity index (χ3n) is 3.96. The second-order valence-corrected chi connectivity index (χ2v) is 5.35. The number of fused-ring (bicyclic) bond motifs is 2. The summed E-state index contributed by atoms with van der Waals surface area (Å²) in [6.45, 7) is 0. The molecule has 1 aromatic heterocycles. The lowest BCUT2D eigenvalue weighted by Crippen LogP contribution is -2.01. The van der Waals surface area contributed by atoms with Crippen LogP contribution in [-0.4, -0.2) is 23.2 Å². The molecule has 0 amide bonds. The Hall–Kier alpha value is -3.34. The topological polar surface area (TPSA) is 72.6 Å². The van der Waals surface area contributed by atoms with E-state index in [0.717, 1.165) is 5.39 Å². The summed E-state index contributed by atoms with van der Waals surface area (Å²) < 4.78 is 10.5. The summed E-state index contributed by atoms with van der Waals surface area (Å²) in [6, 6.07) is 16.2. The van der Waals surface area contributed by atoms with E-state index in [9.17, 15) is 9.90 Å². The van der Waals surface area contributed by atoms with Gasteiger partial charge in [0.1, 0.15) is 11.3 Å². The first kappa shape index (κ1) is 14.3. The Bertz CT molecular complexity index is 1080. The number of aromatic hydroxyl groups is 1. The Morgan fingerprint density at radius 1 is 1.08 bits per heavy atom. The van der Waals surface area contributed by atoms with Gasteiger partial charge < -0.3 is 14.3 Å². The minimum absolute atomic E-state index is 0.0966. The minimum atomic E-state index is -0.483. The number of phenolic OH excluding ortho intramolecular Hbond substituents is 1. The van der Waals surface area contributed by atoms with Crippen molar-refractivity contribution in [2.24, 2.45) is 0 Å². The van der Waals surface area contributed by atoms with Crippen LogP contribution in [0.15, 0.2) is 59.0 Å². The summed E-state index contributed by atoms with van der Waals surface area (Å²) in [4.78, 5) is 16.3. The van der Waals surface area contributed by atoms with Crippen molar-refractivity contribution in [3.8, 4) is 17.2 Å². The second-order valence-electron chi connectivity index (χ2n) is 5.35. The van der Waals surface area contributed by atoms with Crippen molar-refractivity contribution < 1.29 is 19.1 Å². The van der Waals surface area contributed by atoms with E-state index in [2.05, 4.69) is 4.98 Å². The number of rotatable bonds is 2. The van der Waals surface area contributed by atoms with Crippen LogP contribution in [0.3, 0.4) is 0 Å². The van der Waals surface area contributed by atoms with Gasteiger partial charge in [0.25, 0.3) is 0 Å². The Labute approximate surface area is 137 Å². The standard InChI is InChI=1S/C19H13NO4/c1-23-19(22)13-7-4-8-15-16(13)20-18(24-15)14-10-9-11-5-2-3-6-12(11)17(14)21/h2-10,21H,1H3. The zero-order valence-corrected chi connectivity index (χ0v) is 12.8. The minimum Gasteiger partial charge on any atom is -0.506 e. The van der Waals surface area contributed by atoms with E-state index in [1.165, 1.54) is 7.11 Å². The summed E-state index contributed by atoms with van der Waals surface area (Å²) in [5, 5.41) is 12.2. The molecule has 4 aromatic rings. The van der Waals surface area contributed by atoms with Crippen LogP contribution < -0.4 is 0 Å². The Morgan fingerprint density at radius 3 is 2.75 bits per heavy atom. The number of para-hydroxylation sites is 1. The number of ether oxygens (including phenoxy) is 1. The zero-order valence-electron chi connectivity index (χ0n) is 12.8. The lowest BCUT2D eigenvalue weighted by Gasteiger charge is -2.04. The number of hydrogen-bond acceptors (Lipinski definition) is 5. The van der Waals surface area contributed by atoms with E-state index in [0.29, 0.717) is 27.6 Å². The van der Waals surface area contributed by atoms with Gasteiger partial charge in [0.05, 0.1) is 18.2 Å². The monoisotopic (exact) mass is 319 g/mol. The fraction of sp³-hybridized carbons (Fsp3) is 0.0526. The molecule has 0 fully saturated rings. The molecule has 0 atom stereocenters. The molecule has 118 valence electrons. The van der Waals surface area contributed by atoms with Gasteiger partial charge in [-0.25, -0.2) is 9.78 Å². The first-order valence-electron chi connectivity index (χ1n) is 7.38. The number of nitrogens with zero attached hydrogens (tertiary/aromatic N) is 1.